The molecule has 1 heterocycles. The molecule has 1 aromatic heterocycles. The first-order valence-corrected chi connectivity index (χ1v) is 9.02. The number of aromatic amines is 1. The molecular formula is C17H22ClN3S. The molecule has 0 unspecified atom stereocenters. The highest BCUT2D eigenvalue weighted by Gasteiger charge is 2.01. The fourth-order valence-electron chi connectivity index (χ4n) is 2.05. The summed E-state index contributed by atoms with van der Waals surface area (Å²) in [5, 5.41) is 2.02. The smallest absolute Gasteiger partial charge is 0.0921 e. The first-order valence-electron chi connectivity index (χ1n) is 7.65. The summed E-state index contributed by atoms with van der Waals surface area (Å²) in [6, 6.07) is 7.92. The molecule has 22 heavy (non-hydrogen) atoms. The number of nitrogens with one attached hydrogen (secondary N) is 1. The molecule has 3 nitrogen and oxygen atoms in total. The fraction of sp³-hybridized carbons (Fsp3) is 0.412. The lowest BCUT2D eigenvalue weighted by Crippen LogP contribution is -1.97. The minimum Gasteiger partial charge on any atom is -0.348 e. The van der Waals surface area contributed by atoms with Crippen LogP contribution in [-0.4, -0.2) is 20.8 Å². The van der Waals surface area contributed by atoms with Gasteiger partial charge >= 0.3 is 0 Å². The molecule has 1 aromatic carbocycles. The summed E-state index contributed by atoms with van der Waals surface area (Å²) in [6.07, 6.45) is 8.00. The lowest BCUT2D eigenvalue weighted by Gasteiger charge is -2.06. The van der Waals surface area contributed by atoms with E-state index in [-0.39, 0.29) is 0 Å². The van der Waals surface area contributed by atoms with Crippen LogP contribution in [0.5, 0.6) is 0 Å². The van der Waals surface area contributed by atoms with Crippen LogP contribution in [0.2, 0.25) is 5.02 Å². The van der Waals surface area contributed by atoms with Crippen molar-refractivity contribution in [1.82, 2.24) is 9.97 Å². The lowest BCUT2D eigenvalue weighted by molar-refractivity contribution is 0.902. The Hall–Kier alpha value is -1.26. The molecule has 0 aliphatic heterocycles. The number of nitrogens with zero attached hydrogens (tertiary/aromatic N) is 2. The number of imidazole rings is 1. The van der Waals surface area contributed by atoms with Crippen LogP contribution in [0.25, 0.3) is 0 Å². The predicted octanol–water partition coefficient (Wildman–Crippen LogP) is 5.13. The van der Waals surface area contributed by atoms with Gasteiger partial charge in [0.1, 0.15) is 0 Å². The molecule has 118 valence electrons. The highest BCUT2D eigenvalue weighted by Crippen LogP contribution is 2.15. The van der Waals surface area contributed by atoms with Gasteiger partial charge < -0.3 is 4.98 Å². The van der Waals surface area contributed by atoms with E-state index in [1.807, 2.05) is 42.2 Å². The van der Waals surface area contributed by atoms with Crippen molar-refractivity contribution in [1.29, 1.82) is 0 Å². The van der Waals surface area contributed by atoms with Crippen LogP contribution >= 0.6 is 23.4 Å². The zero-order valence-corrected chi connectivity index (χ0v) is 14.5. The minimum atomic E-state index is 0.736. The van der Waals surface area contributed by atoms with E-state index in [4.69, 9.17) is 16.6 Å². The molecule has 0 amide bonds. The number of aromatic nitrogens is 2. The van der Waals surface area contributed by atoms with E-state index in [2.05, 4.69) is 16.9 Å². The summed E-state index contributed by atoms with van der Waals surface area (Å²) >= 11 is 7.78. The van der Waals surface area contributed by atoms with E-state index in [9.17, 15) is 0 Å². The van der Waals surface area contributed by atoms with Crippen molar-refractivity contribution in [2.75, 3.05) is 5.75 Å². The summed E-state index contributed by atoms with van der Waals surface area (Å²) in [5.41, 5.74) is 2.41. The molecule has 0 bridgehead atoms. The van der Waals surface area contributed by atoms with Crippen LogP contribution < -0.4 is 0 Å². The monoisotopic (exact) mass is 335 g/mol. The average molecular weight is 336 g/mol. The Labute approximate surface area is 141 Å². The van der Waals surface area contributed by atoms with Crippen molar-refractivity contribution in [2.45, 2.75) is 39.2 Å². The number of rotatable bonds is 8. The van der Waals surface area contributed by atoms with Crippen molar-refractivity contribution in [3.63, 3.8) is 0 Å². The zero-order chi connectivity index (χ0) is 15.6. The van der Waals surface area contributed by atoms with E-state index in [0.717, 1.165) is 43.0 Å². The van der Waals surface area contributed by atoms with Gasteiger partial charge in [-0.25, -0.2) is 4.98 Å². The topological polar surface area (TPSA) is 41.0 Å². The third-order valence-corrected chi connectivity index (χ3v) is 4.64. The van der Waals surface area contributed by atoms with Gasteiger partial charge in [-0.2, -0.15) is 0 Å². The van der Waals surface area contributed by atoms with Gasteiger partial charge in [0.2, 0.25) is 0 Å². The quantitative estimate of drug-likeness (QED) is 0.413. The van der Waals surface area contributed by atoms with Crippen LogP contribution in [0.3, 0.4) is 0 Å². The van der Waals surface area contributed by atoms with Crippen molar-refractivity contribution in [3.05, 3.63) is 53.1 Å². The summed E-state index contributed by atoms with van der Waals surface area (Å²) in [4.78, 5) is 11.9. The molecule has 0 saturated carbocycles. The fourth-order valence-corrected chi connectivity index (χ4v) is 3.21. The average Bonchev–Trinajstić information content (AvgIpc) is 3.04. The maximum absolute atomic E-state index is 5.90. The standard InChI is InChI=1S/C17H22ClN3S/c1-2-4-17(20-11-14-6-8-15(18)9-7-14)22-10-3-5-16-12-19-13-21-16/h6-9,12-13H,2-5,10-11H2,1H3,(H,19,21). The van der Waals surface area contributed by atoms with E-state index < -0.39 is 0 Å². The normalized spacial score (nSPS) is 11.8. The van der Waals surface area contributed by atoms with Crippen LogP contribution in [0.1, 0.15) is 37.4 Å². The van der Waals surface area contributed by atoms with Gasteiger partial charge in [0.25, 0.3) is 0 Å². The molecule has 0 radical (unpaired) electrons. The Bertz CT molecular complexity index is 564. The first-order chi connectivity index (χ1) is 10.8. The molecule has 0 saturated heterocycles. The minimum absolute atomic E-state index is 0.736. The molecule has 2 rings (SSSR count). The van der Waals surface area contributed by atoms with Gasteiger partial charge in [-0.05, 0) is 42.7 Å². The van der Waals surface area contributed by atoms with Gasteiger partial charge in [0, 0.05) is 16.9 Å². The summed E-state index contributed by atoms with van der Waals surface area (Å²) in [5.74, 6) is 1.10. The van der Waals surface area contributed by atoms with Crippen LogP contribution in [0.4, 0.5) is 0 Å². The second kappa shape index (κ2) is 9.70. The Morgan fingerprint density at radius 3 is 2.82 bits per heavy atom. The molecule has 0 atom stereocenters. The van der Waals surface area contributed by atoms with Crippen molar-refractivity contribution in [2.24, 2.45) is 4.99 Å². The number of thioether (sulfide) groups is 1. The van der Waals surface area contributed by atoms with Gasteiger partial charge in [-0.1, -0.05) is 37.1 Å². The molecule has 1 N–H and O–H groups in total. The SMILES string of the molecule is CCCC(=NCc1ccc(Cl)cc1)SCCCc1cnc[nH]1. The molecular weight excluding hydrogens is 314 g/mol. The molecule has 5 heteroatoms. The van der Waals surface area contributed by atoms with Gasteiger partial charge in [-0.15, -0.1) is 11.8 Å². The maximum atomic E-state index is 5.90. The molecule has 2 aromatic rings. The number of aliphatic imine (C=N–C) groups is 1. The first kappa shape index (κ1) is 17.1. The predicted molar refractivity (Wildman–Crippen MR) is 96.9 cm³/mol. The van der Waals surface area contributed by atoms with Crippen molar-refractivity contribution in [3.8, 4) is 0 Å². The Kier molecular flexibility index (Phi) is 7.54. The Balaban J connectivity index is 1.77. The largest absolute Gasteiger partial charge is 0.348 e. The molecule has 0 aliphatic carbocycles. The third kappa shape index (κ3) is 6.24. The number of aryl methyl sites for hydroxylation is 1. The second-order valence-corrected chi connectivity index (χ2v) is 6.72. The van der Waals surface area contributed by atoms with Gasteiger partial charge in [0.15, 0.2) is 0 Å². The highest BCUT2D eigenvalue weighted by molar-refractivity contribution is 8.13. The second-order valence-electron chi connectivity index (χ2n) is 5.12. The van der Waals surface area contributed by atoms with Gasteiger partial charge in [-0.3, -0.25) is 4.99 Å². The Morgan fingerprint density at radius 2 is 2.14 bits per heavy atom. The summed E-state index contributed by atoms with van der Waals surface area (Å²) < 4.78 is 0. The molecule has 0 spiro atoms. The van der Waals surface area contributed by atoms with E-state index in [1.165, 1.54) is 16.3 Å². The third-order valence-electron chi connectivity index (χ3n) is 3.23. The molecule has 0 aliphatic rings. The lowest BCUT2D eigenvalue weighted by atomic mass is 10.2. The number of H-pyrrole nitrogens is 1. The summed E-state index contributed by atoms with van der Waals surface area (Å²) in [6.45, 7) is 2.93. The number of hydrogen-bond acceptors (Lipinski definition) is 3. The Morgan fingerprint density at radius 1 is 1.32 bits per heavy atom. The zero-order valence-electron chi connectivity index (χ0n) is 12.9. The van der Waals surface area contributed by atoms with Crippen molar-refractivity contribution >= 4 is 28.4 Å². The highest BCUT2D eigenvalue weighted by atomic mass is 35.5. The number of hydrogen-bond donors (Lipinski definition) is 1. The van der Waals surface area contributed by atoms with Crippen molar-refractivity contribution < 1.29 is 0 Å². The number of halogens is 1. The summed E-state index contributed by atoms with van der Waals surface area (Å²) in [7, 11) is 0. The van der Waals surface area contributed by atoms with Crippen LogP contribution in [0.15, 0.2) is 41.8 Å². The molecule has 0 fully saturated rings. The van der Waals surface area contributed by atoms with Gasteiger partial charge in [0.05, 0.1) is 17.9 Å². The van der Waals surface area contributed by atoms with E-state index >= 15 is 0 Å². The van der Waals surface area contributed by atoms with Crippen LogP contribution in [0, 0.1) is 0 Å². The van der Waals surface area contributed by atoms with E-state index in [1.54, 1.807) is 6.33 Å². The van der Waals surface area contributed by atoms with Crippen LogP contribution in [-0.2, 0) is 13.0 Å². The maximum Gasteiger partial charge on any atom is 0.0921 e. The van der Waals surface area contributed by atoms with E-state index in [0.29, 0.717) is 0 Å². The number of benzene rings is 1.